The lowest BCUT2D eigenvalue weighted by Crippen LogP contribution is -2.50. The van der Waals surface area contributed by atoms with Crippen molar-refractivity contribution < 1.29 is 0 Å². The van der Waals surface area contributed by atoms with Gasteiger partial charge in [-0.3, -0.25) is 0 Å². The van der Waals surface area contributed by atoms with Crippen LogP contribution in [0.3, 0.4) is 0 Å². The Morgan fingerprint density at radius 3 is 2.65 bits per heavy atom. The molecule has 2 bridgehead atoms. The fraction of sp³-hybridized carbons (Fsp3) is 0.667. The van der Waals surface area contributed by atoms with Crippen molar-refractivity contribution in [2.24, 2.45) is 16.7 Å². The van der Waals surface area contributed by atoms with Crippen molar-refractivity contribution >= 4 is 15.9 Å². The van der Waals surface area contributed by atoms with Gasteiger partial charge in [-0.15, -0.1) is 0 Å². The van der Waals surface area contributed by atoms with E-state index in [0.717, 1.165) is 5.92 Å². The second kappa shape index (κ2) is 4.84. The van der Waals surface area contributed by atoms with Crippen molar-refractivity contribution in [1.29, 1.82) is 0 Å². The van der Waals surface area contributed by atoms with Gasteiger partial charge in [0.05, 0.1) is 0 Å². The lowest BCUT2D eigenvalue weighted by atomic mass is 9.68. The van der Waals surface area contributed by atoms with Crippen LogP contribution in [0.4, 0.5) is 0 Å². The molecule has 1 aromatic carbocycles. The maximum Gasteiger partial charge on any atom is 0.0295 e. The van der Waals surface area contributed by atoms with Gasteiger partial charge in [-0.2, -0.15) is 0 Å². The van der Waals surface area contributed by atoms with E-state index in [-0.39, 0.29) is 0 Å². The number of hydrogen-bond acceptors (Lipinski definition) is 1. The summed E-state index contributed by atoms with van der Waals surface area (Å²) in [6.07, 6.45) is 4.22. The third kappa shape index (κ3) is 2.25. The van der Waals surface area contributed by atoms with Crippen molar-refractivity contribution in [3.8, 4) is 0 Å². The molecule has 2 fully saturated rings. The number of fused-ring (bicyclic) bond motifs is 2. The van der Waals surface area contributed by atoms with Gasteiger partial charge in [-0.1, -0.05) is 48.8 Å². The lowest BCUT2D eigenvalue weighted by Gasteiger charge is -2.44. The highest BCUT2D eigenvalue weighted by Gasteiger charge is 2.59. The van der Waals surface area contributed by atoms with Gasteiger partial charge in [0.1, 0.15) is 0 Å². The molecule has 2 saturated carbocycles. The lowest BCUT2D eigenvalue weighted by molar-refractivity contribution is 0.100. The van der Waals surface area contributed by atoms with Crippen LogP contribution in [0.2, 0.25) is 0 Å². The van der Waals surface area contributed by atoms with Crippen LogP contribution in [0.1, 0.15) is 58.6 Å². The van der Waals surface area contributed by atoms with Gasteiger partial charge < -0.3 is 5.32 Å². The third-order valence-electron chi connectivity index (χ3n) is 6.04. The van der Waals surface area contributed by atoms with Gasteiger partial charge in [-0.25, -0.2) is 0 Å². The summed E-state index contributed by atoms with van der Waals surface area (Å²) < 4.78 is 1.17. The summed E-state index contributed by atoms with van der Waals surface area (Å²) in [5, 5.41) is 3.96. The van der Waals surface area contributed by atoms with E-state index in [1.165, 1.54) is 29.3 Å². The molecule has 0 saturated heterocycles. The van der Waals surface area contributed by atoms with Crippen LogP contribution in [-0.4, -0.2) is 6.04 Å². The highest BCUT2D eigenvalue weighted by molar-refractivity contribution is 9.10. The molecule has 4 atom stereocenters. The van der Waals surface area contributed by atoms with E-state index in [0.29, 0.717) is 22.9 Å². The van der Waals surface area contributed by atoms with E-state index in [1.807, 2.05) is 0 Å². The molecular formula is C18H26BrN. The zero-order chi connectivity index (χ0) is 14.5. The molecule has 110 valence electrons. The van der Waals surface area contributed by atoms with Crippen LogP contribution in [0.15, 0.2) is 28.7 Å². The largest absolute Gasteiger partial charge is 0.306 e. The molecule has 0 heterocycles. The fourth-order valence-corrected chi connectivity index (χ4v) is 5.26. The zero-order valence-corrected chi connectivity index (χ0v) is 14.6. The zero-order valence-electron chi connectivity index (χ0n) is 13.0. The van der Waals surface area contributed by atoms with Gasteiger partial charge in [0.25, 0.3) is 0 Å². The van der Waals surface area contributed by atoms with Crippen LogP contribution in [0.25, 0.3) is 0 Å². The molecule has 1 nitrogen and oxygen atoms in total. The first kappa shape index (κ1) is 14.6. The first-order chi connectivity index (χ1) is 9.33. The van der Waals surface area contributed by atoms with Gasteiger partial charge in [0.2, 0.25) is 0 Å². The second-order valence-corrected chi connectivity index (χ2v) is 8.71. The van der Waals surface area contributed by atoms with Gasteiger partial charge in [-0.05, 0) is 60.6 Å². The average Bonchev–Trinajstić information content (AvgIpc) is 2.85. The molecule has 0 radical (unpaired) electrons. The summed E-state index contributed by atoms with van der Waals surface area (Å²) in [5.41, 5.74) is 2.29. The Morgan fingerprint density at radius 2 is 2.05 bits per heavy atom. The van der Waals surface area contributed by atoms with E-state index in [2.05, 4.69) is 73.2 Å². The van der Waals surface area contributed by atoms with Crippen molar-refractivity contribution in [1.82, 2.24) is 5.32 Å². The summed E-state index contributed by atoms with van der Waals surface area (Å²) in [4.78, 5) is 0. The van der Waals surface area contributed by atoms with Crippen LogP contribution >= 0.6 is 15.9 Å². The number of halogens is 1. The fourth-order valence-electron chi connectivity index (χ4n) is 4.84. The molecule has 2 heteroatoms. The maximum atomic E-state index is 3.96. The predicted octanol–water partition coefficient (Wildman–Crippen LogP) is 5.31. The summed E-state index contributed by atoms with van der Waals surface area (Å²) in [6, 6.07) is 9.73. The normalized spacial score (nSPS) is 36.2. The molecule has 20 heavy (non-hydrogen) atoms. The van der Waals surface area contributed by atoms with Crippen molar-refractivity contribution in [2.45, 2.75) is 59.0 Å². The molecule has 1 aromatic rings. The van der Waals surface area contributed by atoms with E-state index in [1.54, 1.807) is 0 Å². The van der Waals surface area contributed by atoms with Crippen molar-refractivity contribution in [2.75, 3.05) is 0 Å². The highest BCUT2D eigenvalue weighted by Crippen LogP contribution is 2.62. The van der Waals surface area contributed by atoms with Gasteiger partial charge in [0, 0.05) is 16.6 Å². The van der Waals surface area contributed by atoms with E-state index in [4.69, 9.17) is 0 Å². The Bertz CT molecular complexity index is 505. The number of nitrogens with one attached hydrogen (secondary N) is 1. The Morgan fingerprint density at radius 1 is 1.30 bits per heavy atom. The summed E-state index contributed by atoms with van der Waals surface area (Å²) in [6.45, 7) is 9.72. The number of rotatable bonds is 3. The van der Waals surface area contributed by atoms with E-state index < -0.39 is 0 Å². The van der Waals surface area contributed by atoms with Gasteiger partial charge in [0.15, 0.2) is 0 Å². The van der Waals surface area contributed by atoms with Crippen molar-refractivity contribution in [3.05, 3.63) is 34.3 Å². The summed E-state index contributed by atoms with van der Waals surface area (Å²) >= 11 is 3.58. The molecule has 0 amide bonds. The van der Waals surface area contributed by atoms with Crippen molar-refractivity contribution in [3.63, 3.8) is 0 Å². The quantitative estimate of drug-likeness (QED) is 0.788. The Kier molecular flexibility index (Phi) is 3.53. The molecule has 0 aromatic heterocycles. The minimum absolute atomic E-state index is 0.410. The average molecular weight is 336 g/mol. The SMILES string of the molecule is C[C@@H](NC1C2(C)CCC(C2)C1(C)C)c1cccc(Br)c1. The highest BCUT2D eigenvalue weighted by atomic mass is 79.9. The molecule has 0 spiro atoms. The molecule has 3 rings (SSSR count). The summed E-state index contributed by atoms with van der Waals surface area (Å²) in [5.74, 6) is 0.903. The number of hydrogen-bond donors (Lipinski definition) is 1. The topological polar surface area (TPSA) is 12.0 Å². The van der Waals surface area contributed by atoms with Crippen LogP contribution in [-0.2, 0) is 0 Å². The first-order valence-electron chi connectivity index (χ1n) is 7.84. The molecule has 2 aliphatic rings. The second-order valence-electron chi connectivity index (χ2n) is 7.79. The predicted molar refractivity (Wildman–Crippen MR) is 88.7 cm³/mol. The molecule has 3 unspecified atom stereocenters. The molecule has 0 aliphatic heterocycles. The standard InChI is InChI=1S/C18H26BrN/c1-12(13-6-5-7-15(19)10-13)20-16-17(2,3)14-8-9-18(16,4)11-14/h5-7,10,12,14,16,20H,8-9,11H2,1-4H3/t12-,14?,16?,18?/m1/s1. The smallest absolute Gasteiger partial charge is 0.0295 e. The van der Waals surface area contributed by atoms with E-state index in [9.17, 15) is 0 Å². The van der Waals surface area contributed by atoms with E-state index >= 15 is 0 Å². The van der Waals surface area contributed by atoms with Crippen LogP contribution < -0.4 is 5.32 Å². The molecule has 1 N–H and O–H groups in total. The monoisotopic (exact) mass is 335 g/mol. The minimum atomic E-state index is 0.410. The Balaban J connectivity index is 1.80. The molecule has 2 aliphatic carbocycles. The van der Waals surface area contributed by atoms with Crippen LogP contribution in [0.5, 0.6) is 0 Å². The van der Waals surface area contributed by atoms with Crippen LogP contribution in [0, 0.1) is 16.7 Å². The third-order valence-corrected chi connectivity index (χ3v) is 6.53. The Labute approximate surface area is 131 Å². The number of benzene rings is 1. The first-order valence-corrected chi connectivity index (χ1v) is 8.64. The summed E-state index contributed by atoms with van der Waals surface area (Å²) in [7, 11) is 0. The minimum Gasteiger partial charge on any atom is -0.306 e. The maximum absolute atomic E-state index is 3.96. The Hall–Kier alpha value is -0.340. The van der Waals surface area contributed by atoms with Gasteiger partial charge >= 0.3 is 0 Å². The molecular weight excluding hydrogens is 310 g/mol.